The van der Waals surface area contributed by atoms with E-state index in [4.69, 9.17) is 10.00 Å². The van der Waals surface area contributed by atoms with Crippen LogP contribution < -0.4 is 0 Å². The molecule has 0 heterocycles. The first-order valence-electron chi connectivity index (χ1n) is 7.14. The maximum Gasteiger partial charge on any atom is 0.337 e. The summed E-state index contributed by atoms with van der Waals surface area (Å²) >= 11 is 0. The standard InChI is InChI=1S/C16H25NO2/c1-3-4-5-6-7-8-9-10-14-19-16(18)15(2)12-11-13-17/h11-12H,2-10,14H2,1H3. The van der Waals surface area contributed by atoms with Gasteiger partial charge in [-0.15, -0.1) is 0 Å². The summed E-state index contributed by atoms with van der Waals surface area (Å²) in [5, 5.41) is 8.32. The third-order valence-corrected chi connectivity index (χ3v) is 2.85. The molecule has 0 N–H and O–H groups in total. The molecule has 0 atom stereocenters. The van der Waals surface area contributed by atoms with Gasteiger partial charge in [0, 0.05) is 6.08 Å². The Bertz CT molecular complexity index is 326. The summed E-state index contributed by atoms with van der Waals surface area (Å²) < 4.78 is 5.05. The molecule has 0 radical (unpaired) electrons. The molecule has 0 amide bonds. The zero-order valence-corrected chi connectivity index (χ0v) is 12.0. The highest BCUT2D eigenvalue weighted by Crippen LogP contribution is 2.08. The lowest BCUT2D eigenvalue weighted by Crippen LogP contribution is -2.06. The van der Waals surface area contributed by atoms with Crippen molar-refractivity contribution in [2.75, 3.05) is 6.61 Å². The molecule has 0 saturated heterocycles. The molecule has 0 aromatic rings. The van der Waals surface area contributed by atoms with Crippen LogP contribution in [0.4, 0.5) is 0 Å². The van der Waals surface area contributed by atoms with E-state index in [1.807, 2.05) is 6.07 Å². The van der Waals surface area contributed by atoms with Crippen molar-refractivity contribution in [3.63, 3.8) is 0 Å². The average molecular weight is 263 g/mol. The lowest BCUT2D eigenvalue weighted by molar-refractivity contribution is -0.138. The van der Waals surface area contributed by atoms with Gasteiger partial charge < -0.3 is 4.74 Å². The monoisotopic (exact) mass is 263 g/mol. The lowest BCUT2D eigenvalue weighted by Gasteiger charge is -2.04. The molecule has 0 aliphatic heterocycles. The molecule has 19 heavy (non-hydrogen) atoms. The van der Waals surface area contributed by atoms with E-state index >= 15 is 0 Å². The summed E-state index contributed by atoms with van der Waals surface area (Å²) in [4.78, 5) is 11.4. The minimum atomic E-state index is -0.436. The van der Waals surface area contributed by atoms with E-state index in [9.17, 15) is 4.79 Å². The van der Waals surface area contributed by atoms with E-state index in [0.717, 1.165) is 12.8 Å². The van der Waals surface area contributed by atoms with Gasteiger partial charge in [0.05, 0.1) is 18.2 Å². The van der Waals surface area contributed by atoms with Crippen LogP contribution >= 0.6 is 0 Å². The van der Waals surface area contributed by atoms with E-state index in [-0.39, 0.29) is 5.57 Å². The first-order chi connectivity index (χ1) is 9.22. The summed E-state index contributed by atoms with van der Waals surface area (Å²) in [6.07, 6.45) is 12.3. The zero-order valence-electron chi connectivity index (χ0n) is 12.0. The number of nitrogens with zero attached hydrogens (tertiary/aromatic N) is 1. The predicted molar refractivity (Wildman–Crippen MR) is 77.5 cm³/mol. The highest BCUT2D eigenvalue weighted by Gasteiger charge is 2.04. The largest absolute Gasteiger partial charge is 0.462 e. The second kappa shape index (κ2) is 12.9. The molecule has 0 aliphatic rings. The molecule has 0 unspecified atom stereocenters. The number of esters is 1. The Kier molecular flexibility index (Phi) is 11.8. The number of hydrogen-bond acceptors (Lipinski definition) is 3. The van der Waals surface area contributed by atoms with Gasteiger partial charge in [-0.1, -0.05) is 58.4 Å². The predicted octanol–water partition coefficient (Wildman–Crippen LogP) is 4.31. The SMILES string of the molecule is C=C(C=CC#N)C(=O)OCCCCCCCCCC. The molecule has 0 aliphatic carbocycles. The topological polar surface area (TPSA) is 50.1 Å². The van der Waals surface area contributed by atoms with E-state index in [0.29, 0.717) is 6.61 Å². The van der Waals surface area contributed by atoms with Crippen LogP contribution in [0.3, 0.4) is 0 Å². The molecule has 3 heteroatoms. The fraction of sp³-hybridized carbons (Fsp3) is 0.625. The van der Waals surface area contributed by atoms with Crippen molar-refractivity contribution in [1.29, 1.82) is 5.26 Å². The number of ether oxygens (including phenoxy) is 1. The molecule has 0 spiro atoms. The minimum Gasteiger partial charge on any atom is -0.462 e. The van der Waals surface area contributed by atoms with Gasteiger partial charge in [-0.25, -0.2) is 4.79 Å². The Balaban J connectivity index is 3.39. The quantitative estimate of drug-likeness (QED) is 0.183. The van der Waals surface area contributed by atoms with Gasteiger partial charge in [-0.2, -0.15) is 5.26 Å². The minimum absolute atomic E-state index is 0.223. The van der Waals surface area contributed by atoms with Crippen LogP contribution in [0.25, 0.3) is 0 Å². The first kappa shape index (κ1) is 17.4. The van der Waals surface area contributed by atoms with Crippen molar-refractivity contribution >= 4 is 5.97 Å². The molecule has 0 saturated carbocycles. The molecular formula is C16H25NO2. The molecular weight excluding hydrogens is 238 g/mol. The van der Waals surface area contributed by atoms with Gasteiger partial charge >= 0.3 is 5.97 Å². The van der Waals surface area contributed by atoms with Gasteiger partial charge in [0.2, 0.25) is 0 Å². The first-order valence-corrected chi connectivity index (χ1v) is 7.14. The van der Waals surface area contributed by atoms with Gasteiger partial charge in [0.25, 0.3) is 0 Å². The summed E-state index contributed by atoms with van der Waals surface area (Å²) in [7, 11) is 0. The van der Waals surface area contributed by atoms with E-state index in [1.165, 1.54) is 50.7 Å². The maximum atomic E-state index is 11.4. The number of allylic oxidation sites excluding steroid dienone is 1. The number of unbranched alkanes of at least 4 members (excludes halogenated alkanes) is 7. The summed E-state index contributed by atoms with van der Waals surface area (Å²) in [5.41, 5.74) is 0.223. The third-order valence-electron chi connectivity index (χ3n) is 2.85. The molecule has 0 rings (SSSR count). The van der Waals surface area contributed by atoms with Crippen molar-refractivity contribution in [2.45, 2.75) is 58.3 Å². The maximum absolute atomic E-state index is 11.4. The fourth-order valence-electron chi connectivity index (χ4n) is 1.70. The van der Waals surface area contributed by atoms with Crippen molar-refractivity contribution < 1.29 is 9.53 Å². The smallest absolute Gasteiger partial charge is 0.337 e. The number of rotatable bonds is 11. The highest BCUT2D eigenvalue weighted by molar-refractivity contribution is 5.90. The Morgan fingerprint density at radius 2 is 1.74 bits per heavy atom. The Labute approximate surface area is 117 Å². The van der Waals surface area contributed by atoms with Crippen LogP contribution in [-0.4, -0.2) is 12.6 Å². The Hall–Kier alpha value is -1.56. The van der Waals surface area contributed by atoms with E-state index in [2.05, 4.69) is 13.5 Å². The Morgan fingerprint density at radius 3 is 2.32 bits per heavy atom. The van der Waals surface area contributed by atoms with Crippen molar-refractivity contribution in [3.8, 4) is 6.07 Å². The fourth-order valence-corrected chi connectivity index (χ4v) is 1.70. The van der Waals surface area contributed by atoms with Crippen LogP contribution in [0.15, 0.2) is 24.3 Å². The number of carbonyl (C=O) groups excluding carboxylic acids is 1. The highest BCUT2D eigenvalue weighted by atomic mass is 16.5. The number of nitriles is 1. The second-order valence-electron chi connectivity index (χ2n) is 4.60. The van der Waals surface area contributed by atoms with Crippen LogP contribution in [0, 0.1) is 11.3 Å². The van der Waals surface area contributed by atoms with Gasteiger partial charge in [-0.05, 0) is 12.5 Å². The molecule has 106 valence electrons. The van der Waals surface area contributed by atoms with Crippen LogP contribution in [0.1, 0.15) is 58.3 Å². The van der Waals surface area contributed by atoms with Crippen molar-refractivity contribution in [2.24, 2.45) is 0 Å². The summed E-state index contributed by atoms with van der Waals surface area (Å²) in [6, 6.07) is 1.81. The lowest BCUT2D eigenvalue weighted by atomic mass is 10.1. The average Bonchev–Trinajstić information content (AvgIpc) is 2.42. The van der Waals surface area contributed by atoms with Crippen LogP contribution in [0.2, 0.25) is 0 Å². The Morgan fingerprint density at radius 1 is 1.16 bits per heavy atom. The van der Waals surface area contributed by atoms with Gasteiger partial charge in [0.15, 0.2) is 0 Å². The van der Waals surface area contributed by atoms with Crippen LogP contribution in [0.5, 0.6) is 0 Å². The van der Waals surface area contributed by atoms with Gasteiger partial charge in [0.1, 0.15) is 0 Å². The summed E-state index contributed by atoms with van der Waals surface area (Å²) in [6.45, 7) is 6.19. The molecule has 0 fully saturated rings. The number of carbonyl (C=O) groups is 1. The normalized spacial score (nSPS) is 10.3. The van der Waals surface area contributed by atoms with Crippen molar-refractivity contribution in [1.82, 2.24) is 0 Å². The van der Waals surface area contributed by atoms with Crippen LogP contribution in [-0.2, 0) is 9.53 Å². The number of hydrogen-bond donors (Lipinski definition) is 0. The summed E-state index contributed by atoms with van der Waals surface area (Å²) in [5.74, 6) is -0.436. The third kappa shape index (κ3) is 11.3. The molecule has 0 aromatic carbocycles. The van der Waals surface area contributed by atoms with Gasteiger partial charge in [-0.3, -0.25) is 0 Å². The second-order valence-corrected chi connectivity index (χ2v) is 4.60. The van der Waals surface area contributed by atoms with E-state index in [1.54, 1.807) is 0 Å². The van der Waals surface area contributed by atoms with Crippen molar-refractivity contribution in [3.05, 3.63) is 24.3 Å². The zero-order chi connectivity index (χ0) is 14.3. The van der Waals surface area contributed by atoms with E-state index < -0.39 is 5.97 Å². The molecule has 0 bridgehead atoms. The molecule has 0 aromatic heterocycles. The molecule has 3 nitrogen and oxygen atoms in total.